The van der Waals surface area contributed by atoms with Gasteiger partial charge >= 0.3 is 0 Å². The van der Waals surface area contributed by atoms with Gasteiger partial charge in [0, 0.05) is 29.8 Å². The molecule has 2 heterocycles. The highest BCUT2D eigenvalue weighted by Gasteiger charge is 2.22. The number of ether oxygens (including phenoxy) is 2. The summed E-state index contributed by atoms with van der Waals surface area (Å²) < 4.78 is 14.5. The van der Waals surface area contributed by atoms with Crippen LogP contribution in [0.15, 0.2) is 97.7 Å². The molecular weight excluding hydrogens is 466 g/mol. The third-order valence-electron chi connectivity index (χ3n) is 6.19. The zero-order valence-electron chi connectivity index (χ0n) is 20.8. The number of methoxy groups -OCH3 is 2. The molecule has 0 fully saturated rings. The van der Waals surface area contributed by atoms with Crippen molar-refractivity contribution >= 4 is 5.91 Å². The molecule has 0 saturated carbocycles. The highest BCUT2D eigenvalue weighted by atomic mass is 16.5. The number of carbonyl (C=O) groups is 1. The highest BCUT2D eigenvalue weighted by Crippen LogP contribution is 2.34. The summed E-state index contributed by atoms with van der Waals surface area (Å²) in [5, 5.41) is 7.77. The van der Waals surface area contributed by atoms with Crippen LogP contribution < -0.4 is 14.8 Å². The fourth-order valence-corrected chi connectivity index (χ4v) is 4.16. The molecule has 1 unspecified atom stereocenters. The van der Waals surface area contributed by atoms with E-state index < -0.39 is 0 Å². The molecule has 5 rings (SSSR count). The fraction of sp³-hybridized carbons (Fsp3) is 0.138. The fourth-order valence-electron chi connectivity index (χ4n) is 4.16. The molecule has 1 amide bonds. The number of nitrogens with zero attached hydrogens (tertiary/aromatic N) is 4. The number of hydrogen-bond acceptors (Lipinski definition) is 5. The summed E-state index contributed by atoms with van der Waals surface area (Å²) in [7, 11) is 3.18. The molecule has 0 bridgehead atoms. The van der Waals surface area contributed by atoms with Gasteiger partial charge in [-0.25, -0.2) is 9.67 Å². The standard InChI is InChI=1S/C29H27N5O3/c1-20(21-9-12-23(13-10-21)33-16-15-30-19-33)31-29(35)28-25(18-34(32-28)24-7-5-4-6-8-24)22-11-14-26(36-2)27(17-22)37-3/h4-20H,1-3H3,(H,31,35). The molecule has 186 valence electrons. The Morgan fingerprint density at radius 2 is 1.68 bits per heavy atom. The minimum Gasteiger partial charge on any atom is -0.493 e. The summed E-state index contributed by atoms with van der Waals surface area (Å²) in [5.74, 6) is 0.913. The lowest BCUT2D eigenvalue weighted by Crippen LogP contribution is -2.27. The predicted molar refractivity (Wildman–Crippen MR) is 142 cm³/mol. The van der Waals surface area contributed by atoms with E-state index in [1.807, 2.05) is 96.7 Å². The zero-order chi connectivity index (χ0) is 25.8. The Morgan fingerprint density at radius 3 is 2.35 bits per heavy atom. The molecule has 8 heteroatoms. The zero-order valence-corrected chi connectivity index (χ0v) is 20.8. The van der Waals surface area contributed by atoms with Gasteiger partial charge in [-0.3, -0.25) is 4.79 Å². The number of rotatable bonds is 8. The Hall–Kier alpha value is -4.85. The van der Waals surface area contributed by atoms with Crippen molar-refractivity contribution < 1.29 is 14.3 Å². The van der Waals surface area contributed by atoms with Gasteiger partial charge in [-0.2, -0.15) is 5.10 Å². The van der Waals surface area contributed by atoms with Gasteiger partial charge in [-0.1, -0.05) is 36.4 Å². The summed E-state index contributed by atoms with van der Waals surface area (Å²) in [5.41, 5.74) is 4.63. The average molecular weight is 494 g/mol. The van der Waals surface area contributed by atoms with Gasteiger partial charge in [-0.15, -0.1) is 0 Å². The normalized spacial score (nSPS) is 11.6. The Labute approximate surface area is 215 Å². The SMILES string of the molecule is COc1ccc(-c2cn(-c3ccccc3)nc2C(=O)NC(C)c2ccc(-n3ccnc3)cc2)cc1OC. The van der Waals surface area contributed by atoms with Crippen molar-refractivity contribution in [2.45, 2.75) is 13.0 Å². The topological polar surface area (TPSA) is 83.2 Å². The molecule has 0 aliphatic carbocycles. The quantitative estimate of drug-likeness (QED) is 0.320. The highest BCUT2D eigenvalue weighted by molar-refractivity contribution is 5.99. The van der Waals surface area contributed by atoms with E-state index in [0.29, 0.717) is 22.8 Å². The first-order chi connectivity index (χ1) is 18.1. The van der Waals surface area contributed by atoms with E-state index in [-0.39, 0.29) is 11.9 Å². The van der Waals surface area contributed by atoms with Crippen molar-refractivity contribution in [3.8, 4) is 34.0 Å². The number of imidazole rings is 1. The number of para-hydroxylation sites is 1. The van der Waals surface area contributed by atoms with E-state index in [2.05, 4.69) is 15.4 Å². The van der Waals surface area contributed by atoms with E-state index in [1.165, 1.54) is 0 Å². The van der Waals surface area contributed by atoms with Crippen molar-refractivity contribution in [3.05, 3.63) is 109 Å². The summed E-state index contributed by atoms with van der Waals surface area (Å²) in [6, 6.07) is 23.0. The first kappa shape index (κ1) is 23.9. The maximum atomic E-state index is 13.5. The van der Waals surface area contributed by atoms with Gasteiger partial charge in [0.05, 0.1) is 32.3 Å². The minimum absolute atomic E-state index is 0.232. The van der Waals surface area contributed by atoms with Crippen LogP contribution in [0.4, 0.5) is 0 Å². The number of nitrogens with one attached hydrogen (secondary N) is 1. The van der Waals surface area contributed by atoms with Crippen LogP contribution >= 0.6 is 0 Å². The largest absolute Gasteiger partial charge is 0.493 e. The summed E-state index contributed by atoms with van der Waals surface area (Å²) in [4.78, 5) is 17.6. The number of hydrogen-bond donors (Lipinski definition) is 1. The molecule has 2 aromatic heterocycles. The lowest BCUT2D eigenvalue weighted by atomic mass is 10.0. The molecule has 0 aliphatic heterocycles. The van der Waals surface area contributed by atoms with Crippen LogP contribution in [0.3, 0.4) is 0 Å². The monoisotopic (exact) mass is 493 g/mol. The van der Waals surface area contributed by atoms with E-state index in [9.17, 15) is 4.79 Å². The Morgan fingerprint density at radius 1 is 0.919 bits per heavy atom. The first-order valence-corrected chi connectivity index (χ1v) is 11.8. The summed E-state index contributed by atoms with van der Waals surface area (Å²) >= 11 is 0. The average Bonchev–Trinajstić information content (AvgIpc) is 3.64. The van der Waals surface area contributed by atoms with Crippen LogP contribution in [-0.4, -0.2) is 39.5 Å². The number of carbonyl (C=O) groups excluding carboxylic acids is 1. The van der Waals surface area contributed by atoms with Crippen molar-refractivity contribution in [2.24, 2.45) is 0 Å². The molecule has 0 spiro atoms. The number of aromatic nitrogens is 4. The van der Waals surface area contributed by atoms with Crippen molar-refractivity contribution in [1.29, 1.82) is 0 Å². The molecule has 1 N–H and O–H groups in total. The second kappa shape index (κ2) is 10.4. The molecule has 0 saturated heterocycles. The van der Waals surface area contributed by atoms with Crippen molar-refractivity contribution in [1.82, 2.24) is 24.6 Å². The third kappa shape index (κ3) is 4.95. The van der Waals surface area contributed by atoms with Gasteiger partial charge in [0.25, 0.3) is 5.91 Å². The van der Waals surface area contributed by atoms with Gasteiger partial charge in [0.2, 0.25) is 0 Å². The minimum atomic E-state index is -0.273. The Balaban J connectivity index is 1.46. The first-order valence-electron chi connectivity index (χ1n) is 11.8. The molecular formula is C29H27N5O3. The van der Waals surface area contributed by atoms with Crippen LogP contribution in [0, 0.1) is 0 Å². The predicted octanol–water partition coefficient (Wildman–Crippen LogP) is 5.23. The summed E-state index contributed by atoms with van der Waals surface area (Å²) in [6.45, 7) is 1.95. The summed E-state index contributed by atoms with van der Waals surface area (Å²) in [6.07, 6.45) is 7.23. The number of amides is 1. The molecule has 37 heavy (non-hydrogen) atoms. The molecule has 3 aromatic carbocycles. The third-order valence-corrected chi connectivity index (χ3v) is 6.19. The van der Waals surface area contributed by atoms with Crippen LogP contribution in [-0.2, 0) is 0 Å². The lowest BCUT2D eigenvalue weighted by Gasteiger charge is -2.15. The van der Waals surface area contributed by atoms with Crippen LogP contribution in [0.5, 0.6) is 11.5 Å². The lowest BCUT2D eigenvalue weighted by molar-refractivity contribution is 0.0935. The maximum absolute atomic E-state index is 13.5. The van der Waals surface area contributed by atoms with E-state index in [0.717, 1.165) is 22.5 Å². The van der Waals surface area contributed by atoms with Gasteiger partial charge in [0.15, 0.2) is 17.2 Å². The smallest absolute Gasteiger partial charge is 0.272 e. The second-order valence-corrected chi connectivity index (χ2v) is 8.50. The van der Waals surface area contributed by atoms with E-state index in [4.69, 9.17) is 9.47 Å². The maximum Gasteiger partial charge on any atom is 0.272 e. The van der Waals surface area contributed by atoms with Gasteiger partial charge in [0.1, 0.15) is 0 Å². The van der Waals surface area contributed by atoms with E-state index >= 15 is 0 Å². The molecule has 1 atom stereocenters. The van der Waals surface area contributed by atoms with E-state index in [1.54, 1.807) is 31.4 Å². The van der Waals surface area contributed by atoms with Crippen molar-refractivity contribution in [3.63, 3.8) is 0 Å². The molecule has 8 nitrogen and oxygen atoms in total. The van der Waals surface area contributed by atoms with Crippen molar-refractivity contribution in [2.75, 3.05) is 14.2 Å². The van der Waals surface area contributed by atoms with Crippen LogP contribution in [0.1, 0.15) is 29.0 Å². The van der Waals surface area contributed by atoms with Gasteiger partial charge in [-0.05, 0) is 54.4 Å². The Bertz CT molecular complexity index is 1490. The molecule has 0 aliphatic rings. The second-order valence-electron chi connectivity index (χ2n) is 8.50. The van der Waals surface area contributed by atoms with Crippen LogP contribution in [0.2, 0.25) is 0 Å². The molecule has 5 aromatic rings. The molecule has 0 radical (unpaired) electrons. The Kier molecular flexibility index (Phi) is 6.72. The van der Waals surface area contributed by atoms with Gasteiger partial charge < -0.3 is 19.4 Å². The van der Waals surface area contributed by atoms with Crippen LogP contribution in [0.25, 0.3) is 22.5 Å². The number of benzene rings is 3.